The fourth-order valence-electron chi connectivity index (χ4n) is 4.65. The van der Waals surface area contributed by atoms with Crippen LogP contribution in [0, 0.1) is 0 Å². The number of ether oxygens (including phenoxy) is 2. The van der Waals surface area contributed by atoms with Gasteiger partial charge in [-0.2, -0.15) is 0 Å². The molecule has 1 atom stereocenters. The number of aryl methyl sites for hydroxylation is 1. The molecule has 5 heteroatoms. The Balaban J connectivity index is 1.32. The largest absolute Gasteiger partial charge is 0.474 e. The minimum atomic E-state index is -0.0803. The summed E-state index contributed by atoms with van der Waals surface area (Å²) in [7, 11) is 0. The first-order valence-electron chi connectivity index (χ1n) is 11.9. The number of esters is 1. The van der Waals surface area contributed by atoms with Crippen molar-refractivity contribution in [3.63, 3.8) is 0 Å². The lowest BCUT2D eigenvalue weighted by Crippen LogP contribution is -2.25. The van der Waals surface area contributed by atoms with Crippen LogP contribution < -0.4 is 10.1 Å². The van der Waals surface area contributed by atoms with E-state index in [1.54, 1.807) is 0 Å². The lowest BCUT2D eigenvalue weighted by Gasteiger charge is -2.27. The fourth-order valence-corrected chi connectivity index (χ4v) is 4.65. The Morgan fingerprint density at radius 2 is 2.00 bits per heavy atom. The molecular weight excluding hydrogens is 388 g/mol. The normalized spacial score (nSPS) is 18.3. The molecule has 2 heterocycles. The van der Waals surface area contributed by atoms with Gasteiger partial charge in [0.25, 0.3) is 0 Å². The Bertz CT molecular complexity index is 877. The molecule has 0 saturated heterocycles. The third-order valence-electron chi connectivity index (χ3n) is 6.32. The van der Waals surface area contributed by atoms with Crippen LogP contribution in [-0.4, -0.2) is 29.7 Å². The van der Waals surface area contributed by atoms with E-state index in [0.29, 0.717) is 25.2 Å². The standard InChI is InChI=1S/C26H34N2O3/c1-2-30-26(29)13-6-3-8-21-16-14-19-18-20(15-17-24(19)27-21)23-11-7-12-25(28-23)31-22-9-4-5-10-22/h7,11-12,15,17-18,21-22,27H,2-6,8-10,13-14,16H2,1H3. The van der Waals surface area contributed by atoms with E-state index in [4.69, 9.17) is 14.5 Å². The summed E-state index contributed by atoms with van der Waals surface area (Å²) >= 11 is 0. The third-order valence-corrected chi connectivity index (χ3v) is 6.32. The monoisotopic (exact) mass is 422 g/mol. The third kappa shape index (κ3) is 5.99. The van der Waals surface area contributed by atoms with Crippen LogP contribution in [0.25, 0.3) is 11.3 Å². The van der Waals surface area contributed by atoms with Crippen molar-refractivity contribution in [2.75, 3.05) is 11.9 Å². The van der Waals surface area contributed by atoms with Crippen LogP contribution in [-0.2, 0) is 16.0 Å². The van der Waals surface area contributed by atoms with Crippen LogP contribution in [0.4, 0.5) is 5.69 Å². The van der Waals surface area contributed by atoms with Gasteiger partial charge in [-0.3, -0.25) is 4.79 Å². The number of fused-ring (bicyclic) bond motifs is 1. The minimum Gasteiger partial charge on any atom is -0.474 e. The summed E-state index contributed by atoms with van der Waals surface area (Å²) < 4.78 is 11.1. The van der Waals surface area contributed by atoms with Crippen molar-refractivity contribution in [2.24, 2.45) is 0 Å². The highest BCUT2D eigenvalue weighted by Gasteiger charge is 2.19. The van der Waals surface area contributed by atoms with Crippen LogP contribution in [0.5, 0.6) is 5.88 Å². The van der Waals surface area contributed by atoms with Gasteiger partial charge in [-0.1, -0.05) is 18.6 Å². The number of pyridine rings is 1. The molecule has 0 radical (unpaired) electrons. The second-order valence-corrected chi connectivity index (χ2v) is 8.69. The molecule has 1 aliphatic carbocycles. The van der Waals surface area contributed by atoms with E-state index < -0.39 is 0 Å². The number of carbonyl (C=O) groups is 1. The molecule has 1 aromatic heterocycles. The zero-order valence-electron chi connectivity index (χ0n) is 18.6. The lowest BCUT2D eigenvalue weighted by atomic mass is 9.93. The van der Waals surface area contributed by atoms with Gasteiger partial charge < -0.3 is 14.8 Å². The number of unbranched alkanes of at least 4 members (excludes halogenated alkanes) is 1. The van der Waals surface area contributed by atoms with Crippen molar-refractivity contribution >= 4 is 11.7 Å². The maximum absolute atomic E-state index is 11.5. The summed E-state index contributed by atoms with van der Waals surface area (Å²) in [6.45, 7) is 2.32. The zero-order chi connectivity index (χ0) is 21.5. The van der Waals surface area contributed by atoms with E-state index in [1.165, 1.54) is 24.1 Å². The summed E-state index contributed by atoms with van der Waals surface area (Å²) in [6, 6.07) is 13.1. The Hall–Kier alpha value is -2.56. The molecule has 1 unspecified atom stereocenters. The number of nitrogens with one attached hydrogen (secondary N) is 1. The van der Waals surface area contributed by atoms with Crippen molar-refractivity contribution < 1.29 is 14.3 Å². The molecule has 0 spiro atoms. The van der Waals surface area contributed by atoms with Crippen molar-refractivity contribution in [3.05, 3.63) is 42.0 Å². The molecule has 0 amide bonds. The topological polar surface area (TPSA) is 60.5 Å². The van der Waals surface area contributed by atoms with Crippen molar-refractivity contribution in [1.29, 1.82) is 0 Å². The average Bonchev–Trinajstić information content (AvgIpc) is 3.30. The van der Waals surface area contributed by atoms with Gasteiger partial charge in [-0.15, -0.1) is 0 Å². The smallest absolute Gasteiger partial charge is 0.305 e. The summed E-state index contributed by atoms with van der Waals surface area (Å²) in [6.07, 6.45) is 10.9. The van der Waals surface area contributed by atoms with E-state index in [0.717, 1.165) is 62.1 Å². The van der Waals surface area contributed by atoms with E-state index >= 15 is 0 Å². The summed E-state index contributed by atoms with van der Waals surface area (Å²) in [5.41, 5.74) is 4.69. The number of hydrogen-bond acceptors (Lipinski definition) is 5. The fraction of sp³-hybridized carbons (Fsp3) is 0.538. The van der Waals surface area contributed by atoms with Crippen LogP contribution in [0.2, 0.25) is 0 Å². The summed E-state index contributed by atoms with van der Waals surface area (Å²) in [4.78, 5) is 16.2. The predicted octanol–water partition coefficient (Wildman–Crippen LogP) is 5.92. The van der Waals surface area contributed by atoms with Gasteiger partial charge >= 0.3 is 5.97 Å². The number of hydrogen-bond donors (Lipinski definition) is 1. The quantitative estimate of drug-likeness (QED) is 0.401. The van der Waals surface area contributed by atoms with Crippen molar-refractivity contribution in [2.45, 2.75) is 83.3 Å². The summed E-state index contributed by atoms with van der Waals surface area (Å²) in [5, 5.41) is 3.69. The zero-order valence-corrected chi connectivity index (χ0v) is 18.6. The van der Waals surface area contributed by atoms with Gasteiger partial charge in [-0.25, -0.2) is 4.98 Å². The molecule has 31 heavy (non-hydrogen) atoms. The maximum atomic E-state index is 11.5. The van der Waals surface area contributed by atoms with Gasteiger partial charge in [0.2, 0.25) is 5.88 Å². The molecule has 1 N–H and O–H groups in total. The number of benzene rings is 1. The molecule has 5 nitrogen and oxygen atoms in total. The highest BCUT2D eigenvalue weighted by atomic mass is 16.5. The number of nitrogens with zero attached hydrogens (tertiary/aromatic N) is 1. The number of rotatable bonds is 9. The number of aromatic nitrogens is 1. The van der Waals surface area contributed by atoms with Gasteiger partial charge in [0.15, 0.2) is 0 Å². The molecular formula is C26H34N2O3. The number of carbonyl (C=O) groups excluding carboxylic acids is 1. The average molecular weight is 423 g/mol. The molecule has 1 aliphatic heterocycles. The first-order valence-corrected chi connectivity index (χ1v) is 11.9. The number of anilines is 1. The van der Waals surface area contributed by atoms with E-state index in [9.17, 15) is 4.79 Å². The first-order chi connectivity index (χ1) is 15.2. The van der Waals surface area contributed by atoms with Crippen LogP contribution >= 0.6 is 0 Å². The second-order valence-electron chi connectivity index (χ2n) is 8.69. The Labute approximate surface area is 185 Å². The Morgan fingerprint density at radius 3 is 2.84 bits per heavy atom. The Kier molecular flexibility index (Phi) is 7.44. The summed E-state index contributed by atoms with van der Waals surface area (Å²) in [5.74, 6) is 0.659. The van der Waals surface area contributed by atoms with Crippen LogP contribution in [0.3, 0.4) is 0 Å². The SMILES string of the molecule is CCOC(=O)CCCCC1CCc2cc(-c3cccc(OC4CCCC4)n3)ccc2N1. The molecule has 4 rings (SSSR count). The van der Waals surface area contributed by atoms with E-state index in [-0.39, 0.29) is 5.97 Å². The molecule has 1 fully saturated rings. The molecule has 1 saturated carbocycles. The van der Waals surface area contributed by atoms with Crippen molar-refractivity contribution in [3.8, 4) is 17.1 Å². The minimum absolute atomic E-state index is 0.0803. The van der Waals surface area contributed by atoms with Gasteiger partial charge in [0, 0.05) is 29.8 Å². The van der Waals surface area contributed by atoms with Gasteiger partial charge in [-0.05, 0) is 82.1 Å². The van der Waals surface area contributed by atoms with E-state index in [2.05, 4.69) is 29.6 Å². The molecule has 2 aliphatic rings. The van der Waals surface area contributed by atoms with Gasteiger partial charge in [0.05, 0.1) is 12.3 Å². The van der Waals surface area contributed by atoms with Crippen molar-refractivity contribution in [1.82, 2.24) is 4.98 Å². The van der Waals surface area contributed by atoms with E-state index in [1.807, 2.05) is 19.1 Å². The maximum Gasteiger partial charge on any atom is 0.305 e. The highest BCUT2D eigenvalue weighted by Crippen LogP contribution is 2.32. The highest BCUT2D eigenvalue weighted by molar-refractivity contribution is 5.69. The molecule has 1 aromatic carbocycles. The lowest BCUT2D eigenvalue weighted by molar-refractivity contribution is -0.143. The molecule has 166 valence electrons. The second kappa shape index (κ2) is 10.7. The molecule has 2 aromatic rings. The first kappa shape index (κ1) is 21.7. The van der Waals surface area contributed by atoms with Gasteiger partial charge in [0.1, 0.15) is 6.10 Å². The molecule has 0 bridgehead atoms. The Morgan fingerprint density at radius 1 is 1.13 bits per heavy atom. The van der Waals surface area contributed by atoms with Crippen LogP contribution in [0.1, 0.15) is 70.3 Å². The van der Waals surface area contributed by atoms with Crippen LogP contribution in [0.15, 0.2) is 36.4 Å². The predicted molar refractivity (Wildman–Crippen MR) is 123 cm³/mol.